The lowest BCUT2D eigenvalue weighted by Gasteiger charge is -2.45. The van der Waals surface area contributed by atoms with E-state index in [2.05, 4.69) is 10.2 Å². The molecule has 0 bridgehead atoms. The Morgan fingerprint density at radius 1 is 1.05 bits per heavy atom. The molecule has 1 unspecified atom stereocenters. The third kappa shape index (κ3) is 2.49. The molecule has 4 heteroatoms. The van der Waals surface area contributed by atoms with Crippen LogP contribution >= 0.6 is 0 Å². The molecule has 0 spiro atoms. The van der Waals surface area contributed by atoms with E-state index in [1.54, 1.807) is 0 Å². The van der Waals surface area contributed by atoms with E-state index in [-0.39, 0.29) is 17.1 Å². The zero-order chi connectivity index (χ0) is 14.9. The van der Waals surface area contributed by atoms with Gasteiger partial charge in [-0.1, -0.05) is 18.9 Å². The number of likely N-dealkylation sites (tertiary alicyclic amines) is 1. The summed E-state index contributed by atoms with van der Waals surface area (Å²) in [5.74, 6) is -0.861. The molecule has 2 aliphatic rings. The van der Waals surface area contributed by atoms with Gasteiger partial charge in [-0.15, -0.1) is 0 Å². The summed E-state index contributed by atoms with van der Waals surface area (Å²) in [7, 11) is 1.83. The summed E-state index contributed by atoms with van der Waals surface area (Å²) in [6, 6.07) is 3.90. The van der Waals surface area contributed by atoms with Crippen molar-refractivity contribution in [3.8, 4) is 0 Å². The van der Waals surface area contributed by atoms with Gasteiger partial charge in [-0.25, -0.2) is 8.78 Å². The lowest BCUT2D eigenvalue weighted by Crippen LogP contribution is -2.53. The number of hydrogen-bond acceptors (Lipinski definition) is 2. The molecule has 1 atom stereocenters. The van der Waals surface area contributed by atoms with Crippen LogP contribution in [0.1, 0.15) is 50.1 Å². The molecule has 1 aromatic carbocycles. The standard InChI is InChI=1S/C17H24F2N2/c1-20-16(15-13(18)7-6-8-14(15)19)17(9-2-3-10-17)21-11-4-5-12-21/h6-8,16,20H,2-5,9-12H2,1H3. The fourth-order valence-corrected chi connectivity index (χ4v) is 4.41. The lowest BCUT2D eigenvalue weighted by atomic mass is 9.81. The van der Waals surface area contributed by atoms with Crippen LogP contribution in [0.3, 0.4) is 0 Å². The maximum Gasteiger partial charge on any atom is 0.130 e. The summed E-state index contributed by atoms with van der Waals surface area (Å²) in [6.07, 6.45) is 6.71. The number of benzene rings is 1. The minimum Gasteiger partial charge on any atom is -0.311 e. The topological polar surface area (TPSA) is 15.3 Å². The van der Waals surface area contributed by atoms with Gasteiger partial charge in [-0.3, -0.25) is 4.90 Å². The van der Waals surface area contributed by atoms with Crippen LogP contribution in [0.15, 0.2) is 18.2 Å². The zero-order valence-electron chi connectivity index (χ0n) is 12.7. The van der Waals surface area contributed by atoms with E-state index >= 15 is 0 Å². The third-order valence-corrected chi connectivity index (χ3v) is 5.32. The van der Waals surface area contributed by atoms with Crippen LogP contribution in [0.2, 0.25) is 0 Å². The van der Waals surface area contributed by atoms with E-state index in [4.69, 9.17) is 0 Å². The molecule has 2 nitrogen and oxygen atoms in total. The zero-order valence-corrected chi connectivity index (χ0v) is 12.7. The quantitative estimate of drug-likeness (QED) is 0.912. The Morgan fingerprint density at radius 2 is 1.62 bits per heavy atom. The van der Waals surface area contributed by atoms with Crippen molar-refractivity contribution >= 4 is 0 Å². The molecule has 1 saturated carbocycles. The van der Waals surface area contributed by atoms with Gasteiger partial charge in [-0.2, -0.15) is 0 Å². The molecular formula is C17H24F2N2. The molecule has 1 aliphatic heterocycles. The van der Waals surface area contributed by atoms with Gasteiger partial charge in [0.05, 0.1) is 6.04 Å². The first-order chi connectivity index (χ1) is 10.2. The van der Waals surface area contributed by atoms with E-state index < -0.39 is 11.6 Å². The molecule has 0 amide bonds. The van der Waals surface area contributed by atoms with Crippen LogP contribution in [-0.2, 0) is 0 Å². The number of rotatable bonds is 4. The van der Waals surface area contributed by atoms with E-state index in [1.165, 1.54) is 31.0 Å². The van der Waals surface area contributed by atoms with E-state index in [0.717, 1.165) is 38.8 Å². The Morgan fingerprint density at radius 3 is 2.14 bits per heavy atom. The normalized spacial score (nSPS) is 23.6. The summed E-state index contributed by atoms with van der Waals surface area (Å²) in [6.45, 7) is 2.10. The van der Waals surface area contributed by atoms with Crippen molar-refractivity contribution < 1.29 is 8.78 Å². The van der Waals surface area contributed by atoms with Crippen molar-refractivity contribution in [2.75, 3.05) is 20.1 Å². The number of nitrogens with one attached hydrogen (secondary N) is 1. The summed E-state index contributed by atoms with van der Waals surface area (Å²) in [5, 5.41) is 3.24. The Hall–Kier alpha value is -1.00. The SMILES string of the molecule is CNC(c1c(F)cccc1F)C1(N2CCCC2)CCCC1. The maximum absolute atomic E-state index is 14.3. The van der Waals surface area contributed by atoms with Gasteiger partial charge in [0.15, 0.2) is 0 Å². The van der Waals surface area contributed by atoms with Gasteiger partial charge < -0.3 is 5.32 Å². The molecule has 3 rings (SSSR count). The lowest BCUT2D eigenvalue weighted by molar-refractivity contribution is 0.0765. The molecule has 2 fully saturated rings. The van der Waals surface area contributed by atoms with Gasteiger partial charge in [0.2, 0.25) is 0 Å². The number of likely N-dealkylation sites (N-methyl/N-ethyl adjacent to an activating group) is 1. The first-order valence-electron chi connectivity index (χ1n) is 8.05. The third-order valence-electron chi connectivity index (χ3n) is 5.32. The molecule has 1 aliphatic carbocycles. The van der Waals surface area contributed by atoms with Crippen LogP contribution in [0, 0.1) is 11.6 Å². The molecule has 116 valence electrons. The molecular weight excluding hydrogens is 270 g/mol. The summed E-state index contributed by atoms with van der Waals surface area (Å²) in [4.78, 5) is 2.48. The van der Waals surface area contributed by atoms with Crippen LogP contribution in [-0.4, -0.2) is 30.6 Å². The number of hydrogen-bond donors (Lipinski definition) is 1. The number of halogens is 2. The van der Waals surface area contributed by atoms with E-state index in [1.807, 2.05) is 7.05 Å². The fourth-order valence-electron chi connectivity index (χ4n) is 4.41. The second-order valence-electron chi connectivity index (χ2n) is 6.36. The van der Waals surface area contributed by atoms with E-state index in [0.29, 0.717) is 0 Å². The maximum atomic E-state index is 14.3. The van der Waals surface area contributed by atoms with Gasteiger partial charge in [0.25, 0.3) is 0 Å². The van der Waals surface area contributed by atoms with Gasteiger partial charge in [-0.05, 0) is 58.0 Å². The predicted molar refractivity (Wildman–Crippen MR) is 80.2 cm³/mol. The van der Waals surface area contributed by atoms with Gasteiger partial charge >= 0.3 is 0 Å². The van der Waals surface area contributed by atoms with Crippen molar-refractivity contribution in [3.63, 3.8) is 0 Å². The molecule has 1 N–H and O–H groups in total. The van der Waals surface area contributed by atoms with Crippen LogP contribution < -0.4 is 5.32 Å². The average molecular weight is 294 g/mol. The van der Waals surface area contributed by atoms with Crippen molar-refractivity contribution in [2.45, 2.75) is 50.1 Å². The van der Waals surface area contributed by atoms with Crippen LogP contribution in [0.4, 0.5) is 8.78 Å². The monoisotopic (exact) mass is 294 g/mol. The minimum absolute atomic E-state index is 0.131. The Balaban J connectivity index is 2.03. The number of nitrogens with zero attached hydrogens (tertiary/aromatic N) is 1. The Labute approximate surface area is 125 Å². The van der Waals surface area contributed by atoms with Crippen molar-refractivity contribution in [2.24, 2.45) is 0 Å². The summed E-state index contributed by atoms with van der Waals surface area (Å²) >= 11 is 0. The van der Waals surface area contributed by atoms with Gasteiger partial charge in [0, 0.05) is 11.1 Å². The summed E-state index contributed by atoms with van der Waals surface area (Å²) in [5.41, 5.74) is 0.0858. The Bertz CT molecular complexity index is 471. The van der Waals surface area contributed by atoms with E-state index in [9.17, 15) is 8.78 Å². The van der Waals surface area contributed by atoms with Crippen molar-refractivity contribution in [3.05, 3.63) is 35.4 Å². The predicted octanol–water partition coefficient (Wildman–Crippen LogP) is 3.63. The smallest absolute Gasteiger partial charge is 0.130 e. The second kappa shape index (κ2) is 6.01. The molecule has 0 radical (unpaired) electrons. The molecule has 21 heavy (non-hydrogen) atoms. The fraction of sp³-hybridized carbons (Fsp3) is 0.647. The second-order valence-corrected chi connectivity index (χ2v) is 6.36. The first kappa shape index (κ1) is 14.9. The minimum atomic E-state index is -0.431. The highest BCUT2D eigenvalue weighted by molar-refractivity contribution is 5.28. The van der Waals surface area contributed by atoms with Crippen LogP contribution in [0.25, 0.3) is 0 Å². The largest absolute Gasteiger partial charge is 0.311 e. The Kier molecular flexibility index (Phi) is 4.27. The molecule has 1 aromatic rings. The van der Waals surface area contributed by atoms with Crippen molar-refractivity contribution in [1.82, 2.24) is 10.2 Å². The highest BCUT2D eigenvalue weighted by atomic mass is 19.1. The highest BCUT2D eigenvalue weighted by Gasteiger charge is 2.48. The average Bonchev–Trinajstić information content (AvgIpc) is 3.14. The summed E-state index contributed by atoms with van der Waals surface area (Å²) < 4.78 is 28.6. The van der Waals surface area contributed by atoms with Crippen LogP contribution in [0.5, 0.6) is 0 Å². The molecule has 1 heterocycles. The van der Waals surface area contributed by atoms with Gasteiger partial charge in [0.1, 0.15) is 11.6 Å². The molecule has 1 saturated heterocycles. The highest BCUT2D eigenvalue weighted by Crippen LogP contribution is 2.46. The van der Waals surface area contributed by atoms with Crippen molar-refractivity contribution in [1.29, 1.82) is 0 Å². The first-order valence-corrected chi connectivity index (χ1v) is 8.05. The molecule has 0 aromatic heterocycles.